The molecule has 0 aliphatic heterocycles. The van der Waals surface area contributed by atoms with Crippen LogP contribution in [-0.2, 0) is 4.79 Å². The number of esters is 1. The number of rotatable bonds is 13. The second-order valence-electron chi connectivity index (χ2n) is 7.35. The van der Waals surface area contributed by atoms with Crippen molar-refractivity contribution in [3.63, 3.8) is 0 Å². The fourth-order valence-corrected chi connectivity index (χ4v) is 3.13. The first-order chi connectivity index (χ1) is 15.5. The summed E-state index contributed by atoms with van der Waals surface area (Å²) in [5.41, 5.74) is 3.64. The highest BCUT2D eigenvalue weighted by molar-refractivity contribution is 6.30. The number of hydrazone groups is 1. The van der Waals surface area contributed by atoms with E-state index in [2.05, 4.69) is 17.5 Å². The number of amides is 1. The number of nitrogens with zero attached hydrogens (tertiary/aromatic N) is 1. The molecular weight excluding hydrogens is 428 g/mol. The Hall–Kier alpha value is -2.86. The molecule has 0 radical (unpaired) electrons. The van der Waals surface area contributed by atoms with E-state index in [-0.39, 0.29) is 5.91 Å². The second kappa shape index (κ2) is 14.2. The largest absolute Gasteiger partial charge is 0.490 e. The summed E-state index contributed by atoms with van der Waals surface area (Å²) in [6, 6.07) is 11.5. The third kappa shape index (κ3) is 9.10. The molecule has 0 aromatic heterocycles. The van der Waals surface area contributed by atoms with Crippen molar-refractivity contribution < 1.29 is 19.1 Å². The number of benzene rings is 2. The quantitative estimate of drug-likeness (QED) is 0.128. The van der Waals surface area contributed by atoms with Gasteiger partial charge in [0.15, 0.2) is 11.5 Å². The number of ether oxygens (including phenoxy) is 2. The topological polar surface area (TPSA) is 77.0 Å². The Morgan fingerprint density at radius 1 is 0.969 bits per heavy atom. The lowest BCUT2D eigenvalue weighted by Crippen LogP contribution is -2.16. The van der Waals surface area contributed by atoms with Crippen molar-refractivity contribution >= 4 is 29.7 Å². The van der Waals surface area contributed by atoms with Crippen LogP contribution in [0.1, 0.15) is 74.7 Å². The van der Waals surface area contributed by atoms with Gasteiger partial charge in [-0.3, -0.25) is 4.79 Å². The number of nitrogens with one attached hydrogen (secondary N) is 1. The standard InChI is InChI=1S/C25H31ClN2O4/c1-3-5-6-7-8-9-10-24(29)28-27-18-19-11-16-22(23(17-19)31-4-2)32-25(30)20-12-14-21(26)15-13-20/h11-18H,3-10H2,1-2H3,(H,28,29). The number of carbonyl (C=O) groups is 2. The molecule has 6 nitrogen and oxygen atoms in total. The number of halogens is 1. The molecule has 0 aliphatic rings. The highest BCUT2D eigenvalue weighted by Crippen LogP contribution is 2.29. The molecule has 32 heavy (non-hydrogen) atoms. The first kappa shape index (κ1) is 25.4. The van der Waals surface area contributed by atoms with Gasteiger partial charge in [0.25, 0.3) is 0 Å². The Bertz CT molecular complexity index is 897. The third-order valence-corrected chi connectivity index (χ3v) is 4.96. The average molecular weight is 459 g/mol. The van der Waals surface area contributed by atoms with E-state index in [1.54, 1.807) is 42.5 Å². The van der Waals surface area contributed by atoms with E-state index in [9.17, 15) is 9.59 Å². The monoisotopic (exact) mass is 458 g/mol. The van der Waals surface area contributed by atoms with E-state index in [0.29, 0.717) is 40.7 Å². The molecule has 0 aliphatic carbocycles. The van der Waals surface area contributed by atoms with Gasteiger partial charge in [0.05, 0.1) is 18.4 Å². The van der Waals surface area contributed by atoms with Gasteiger partial charge in [-0.1, -0.05) is 50.6 Å². The third-order valence-electron chi connectivity index (χ3n) is 4.71. The molecule has 2 aromatic carbocycles. The van der Waals surface area contributed by atoms with Gasteiger partial charge in [-0.2, -0.15) is 5.10 Å². The number of unbranched alkanes of at least 4 members (excludes halogenated alkanes) is 5. The molecule has 0 unspecified atom stereocenters. The van der Waals surface area contributed by atoms with Gasteiger partial charge in [0.1, 0.15) is 0 Å². The van der Waals surface area contributed by atoms with Crippen LogP contribution in [0.4, 0.5) is 0 Å². The Labute approximate surface area is 195 Å². The van der Waals surface area contributed by atoms with Gasteiger partial charge in [-0.15, -0.1) is 0 Å². The molecule has 1 N–H and O–H groups in total. The molecule has 2 aromatic rings. The lowest BCUT2D eigenvalue weighted by Gasteiger charge is -2.11. The molecule has 172 valence electrons. The van der Waals surface area contributed by atoms with Crippen LogP contribution in [-0.4, -0.2) is 24.7 Å². The van der Waals surface area contributed by atoms with Crippen molar-refractivity contribution in [3.8, 4) is 11.5 Å². The van der Waals surface area contributed by atoms with Crippen molar-refractivity contribution in [1.29, 1.82) is 0 Å². The van der Waals surface area contributed by atoms with Crippen LogP contribution in [0.15, 0.2) is 47.6 Å². The lowest BCUT2D eigenvalue weighted by atomic mass is 10.1. The summed E-state index contributed by atoms with van der Waals surface area (Å²) in [5, 5.41) is 4.56. The summed E-state index contributed by atoms with van der Waals surface area (Å²) in [5.74, 6) is 0.106. The summed E-state index contributed by atoms with van der Waals surface area (Å²) < 4.78 is 11.1. The van der Waals surface area contributed by atoms with E-state index >= 15 is 0 Å². The van der Waals surface area contributed by atoms with Gasteiger partial charge in [-0.05, 0) is 61.4 Å². The van der Waals surface area contributed by atoms with Crippen LogP contribution in [0, 0.1) is 0 Å². The minimum Gasteiger partial charge on any atom is -0.490 e. The van der Waals surface area contributed by atoms with Crippen LogP contribution in [0.2, 0.25) is 5.02 Å². The van der Waals surface area contributed by atoms with E-state index in [1.165, 1.54) is 31.9 Å². The Kier molecular flexibility index (Phi) is 11.3. The average Bonchev–Trinajstić information content (AvgIpc) is 2.78. The number of hydrogen-bond acceptors (Lipinski definition) is 5. The van der Waals surface area contributed by atoms with Crippen LogP contribution >= 0.6 is 11.6 Å². The van der Waals surface area contributed by atoms with Crippen LogP contribution in [0.5, 0.6) is 11.5 Å². The van der Waals surface area contributed by atoms with Gasteiger partial charge in [0.2, 0.25) is 5.91 Å². The van der Waals surface area contributed by atoms with Crippen molar-refractivity contribution in [2.75, 3.05) is 6.61 Å². The van der Waals surface area contributed by atoms with Crippen LogP contribution < -0.4 is 14.9 Å². The van der Waals surface area contributed by atoms with Crippen molar-refractivity contribution in [1.82, 2.24) is 5.43 Å². The molecule has 0 atom stereocenters. The van der Waals surface area contributed by atoms with Crippen LogP contribution in [0.3, 0.4) is 0 Å². The number of hydrogen-bond donors (Lipinski definition) is 1. The molecule has 2 rings (SSSR count). The van der Waals surface area contributed by atoms with Gasteiger partial charge in [0, 0.05) is 11.4 Å². The first-order valence-electron chi connectivity index (χ1n) is 11.1. The smallest absolute Gasteiger partial charge is 0.343 e. The highest BCUT2D eigenvalue weighted by Gasteiger charge is 2.13. The molecule has 0 saturated heterocycles. The maximum absolute atomic E-state index is 12.4. The van der Waals surface area contributed by atoms with E-state index in [4.69, 9.17) is 21.1 Å². The van der Waals surface area contributed by atoms with Gasteiger partial charge >= 0.3 is 5.97 Å². The molecular formula is C25H31ClN2O4. The summed E-state index contributed by atoms with van der Waals surface area (Å²) in [4.78, 5) is 24.3. The van der Waals surface area contributed by atoms with E-state index in [0.717, 1.165) is 12.8 Å². The van der Waals surface area contributed by atoms with Crippen molar-refractivity contribution in [3.05, 3.63) is 58.6 Å². The molecule has 7 heteroatoms. The van der Waals surface area contributed by atoms with Crippen molar-refractivity contribution in [2.45, 2.75) is 58.8 Å². The lowest BCUT2D eigenvalue weighted by molar-refractivity contribution is -0.121. The SMILES string of the molecule is CCCCCCCCC(=O)NN=Cc1ccc(OC(=O)c2ccc(Cl)cc2)c(OCC)c1. The van der Waals surface area contributed by atoms with E-state index in [1.807, 2.05) is 6.92 Å². The van der Waals surface area contributed by atoms with Crippen LogP contribution in [0.25, 0.3) is 0 Å². The minimum atomic E-state index is -0.508. The maximum Gasteiger partial charge on any atom is 0.343 e. The first-order valence-corrected chi connectivity index (χ1v) is 11.5. The predicted octanol–water partition coefficient (Wildman–Crippen LogP) is 6.16. The summed E-state index contributed by atoms with van der Waals surface area (Å²) in [7, 11) is 0. The normalized spacial score (nSPS) is 10.8. The fourth-order valence-electron chi connectivity index (χ4n) is 3.00. The molecule has 0 fully saturated rings. The molecule has 0 heterocycles. The molecule has 0 bridgehead atoms. The molecule has 1 amide bonds. The summed E-state index contributed by atoms with van der Waals surface area (Å²) in [6.45, 7) is 4.43. The fraction of sp³-hybridized carbons (Fsp3) is 0.400. The zero-order chi connectivity index (χ0) is 23.2. The molecule has 0 saturated carbocycles. The maximum atomic E-state index is 12.4. The summed E-state index contributed by atoms with van der Waals surface area (Å²) >= 11 is 5.86. The predicted molar refractivity (Wildman–Crippen MR) is 128 cm³/mol. The Morgan fingerprint density at radius 2 is 1.69 bits per heavy atom. The molecule has 0 spiro atoms. The van der Waals surface area contributed by atoms with Gasteiger partial charge < -0.3 is 9.47 Å². The summed E-state index contributed by atoms with van der Waals surface area (Å²) in [6.07, 6.45) is 8.78. The van der Waals surface area contributed by atoms with Gasteiger partial charge in [-0.25, -0.2) is 10.2 Å². The Balaban J connectivity index is 1.90. The minimum absolute atomic E-state index is 0.102. The van der Waals surface area contributed by atoms with E-state index < -0.39 is 5.97 Å². The number of carbonyl (C=O) groups excluding carboxylic acids is 2. The zero-order valence-corrected chi connectivity index (χ0v) is 19.5. The second-order valence-corrected chi connectivity index (χ2v) is 7.78. The van der Waals surface area contributed by atoms with Crippen molar-refractivity contribution in [2.24, 2.45) is 5.10 Å². The highest BCUT2D eigenvalue weighted by atomic mass is 35.5. The Morgan fingerprint density at radius 3 is 2.41 bits per heavy atom. The zero-order valence-electron chi connectivity index (χ0n) is 18.7.